The summed E-state index contributed by atoms with van der Waals surface area (Å²) in [7, 11) is 3.90. The summed E-state index contributed by atoms with van der Waals surface area (Å²) in [6, 6.07) is 20.0. The summed E-state index contributed by atoms with van der Waals surface area (Å²) < 4.78 is 5.43. The molecule has 1 heterocycles. The lowest BCUT2D eigenvalue weighted by Crippen LogP contribution is -2.32. The molecular formula is C26H26N4O3. The van der Waals surface area contributed by atoms with Crippen LogP contribution < -0.4 is 15.6 Å². The largest absolute Gasteiger partial charge is 0.462 e. The lowest BCUT2D eigenvalue weighted by molar-refractivity contribution is -0.117. The molecule has 2 aromatic carbocycles. The molecule has 3 aromatic rings. The molecule has 1 aromatic heterocycles. The van der Waals surface area contributed by atoms with E-state index in [2.05, 4.69) is 15.8 Å². The number of nitrogens with one attached hydrogen (secondary N) is 2. The van der Waals surface area contributed by atoms with E-state index in [1.807, 2.05) is 68.4 Å². The number of furan rings is 1. The van der Waals surface area contributed by atoms with Crippen LogP contribution in [0.15, 0.2) is 88.0 Å². The van der Waals surface area contributed by atoms with Gasteiger partial charge < -0.3 is 14.6 Å². The van der Waals surface area contributed by atoms with Crippen LogP contribution >= 0.6 is 0 Å². The van der Waals surface area contributed by atoms with Crippen molar-refractivity contribution in [1.82, 2.24) is 10.7 Å². The zero-order valence-electron chi connectivity index (χ0n) is 18.8. The highest BCUT2D eigenvalue weighted by molar-refractivity contribution is 6.05. The fraction of sp³-hybridized carbons (Fsp3) is 0.115. The summed E-state index contributed by atoms with van der Waals surface area (Å²) >= 11 is 0. The van der Waals surface area contributed by atoms with Crippen molar-refractivity contribution in [3.05, 3.63) is 101 Å². The Bertz CT molecular complexity index is 1170. The van der Waals surface area contributed by atoms with E-state index in [0.29, 0.717) is 11.3 Å². The number of hydrogen-bond donors (Lipinski definition) is 2. The van der Waals surface area contributed by atoms with Crippen LogP contribution in [0.5, 0.6) is 0 Å². The predicted octanol–water partition coefficient (Wildman–Crippen LogP) is 4.24. The van der Waals surface area contributed by atoms with E-state index in [1.54, 1.807) is 42.5 Å². The first-order valence-corrected chi connectivity index (χ1v) is 10.3. The number of allylic oxidation sites excluding steroid dienone is 1. The number of benzene rings is 2. The van der Waals surface area contributed by atoms with Gasteiger partial charge in [0.25, 0.3) is 11.8 Å². The highest BCUT2D eigenvalue weighted by Gasteiger charge is 2.14. The number of aryl methyl sites for hydroxylation is 1. The third kappa shape index (κ3) is 7.07. The van der Waals surface area contributed by atoms with Crippen molar-refractivity contribution in [2.45, 2.75) is 6.92 Å². The van der Waals surface area contributed by atoms with E-state index in [4.69, 9.17) is 4.42 Å². The van der Waals surface area contributed by atoms with Gasteiger partial charge in [-0.3, -0.25) is 9.59 Å². The van der Waals surface area contributed by atoms with Crippen LogP contribution in [0, 0.1) is 6.92 Å². The van der Waals surface area contributed by atoms with Crippen molar-refractivity contribution in [2.75, 3.05) is 19.0 Å². The molecule has 2 N–H and O–H groups in total. The summed E-state index contributed by atoms with van der Waals surface area (Å²) in [5.41, 5.74) is 4.74. The molecule has 168 valence electrons. The van der Waals surface area contributed by atoms with Crippen LogP contribution in [-0.4, -0.2) is 32.1 Å². The van der Waals surface area contributed by atoms with E-state index in [0.717, 1.165) is 17.0 Å². The number of hydrogen-bond acceptors (Lipinski definition) is 5. The number of rotatable bonds is 8. The zero-order chi connectivity index (χ0) is 23.6. The van der Waals surface area contributed by atoms with Crippen LogP contribution in [-0.2, 0) is 4.79 Å². The molecule has 0 saturated carbocycles. The van der Waals surface area contributed by atoms with Crippen molar-refractivity contribution >= 4 is 35.9 Å². The summed E-state index contributed by atoms with van der Waals surface area (Å²) in [4.78, 5) is 27.4. The smallest absolute Gasteiger partial charge is 0.287 e. The SMILES string of the molecule is Cc1ccc(/C=C/C=N/NC(=O)/C(=C\c2ccc(N(C)C)cc2)NC(=O)c2ccccc2)o1. The van der Waals surface area contributed by atoms with Crippen LogP contribution in [0.4, 0.5) is 5.69 Å². The third-order valence-corrected chi connectivity index (χ3v) is 4.60. The van der Waals surface area contributed by atoms with Gasteiger partial charge >= 0.3 is 0 Å². The topological polar surface area (TPSA) is 86.9 Å². The summed E-state index contributed by atoms with van der Waals surface area (Å²) in [5.74, 6) is 0.554. The molecule has 7 nitrogen and oxygen atoms in total. The zero-order valence-corrected chi connectivity index (χ0v) is 18.8. The average molecular weight is 443 g/mol. The Morgan fingerprint density at radius 2 is 1.70 bits per heavy atom. The van der Waals surface area contributed by atoms with Gasteiger partial charge in [0, 0.05) is 31.6 Å². The number of carbonyl (C=O) groups excluding carboxylic acids is 2. The standard InChI is InChI=1S/C26H26N4O3/c1-19-11-16-23(33-19)10-7-17-27-29-26(32)24(28-25(31)21-8-5-4-6-9-21)18-20-12-14-22(15-13-20)30(2)3/h4-18H,1-3H3,(H,28,31)(H,29,32)/b10-7+,24-18+,27-17+. The van der Waals surface area contributed by atoms with Gasteiger partial charge in [-0.1, -0.05) is 30.3 Å². The second-order valence-corrected chi connectivity index (χ2v) is 7.39. The van der Waals surface area contributed by atoms with E-state index in [-0.39, 0.29) is 11.6 Å². The molecule has 0 fully saturated rings. The van der Waals surface area contributed by atoms with Crippen LogP contribution in [0.3, 0.4) is 0 Å². The fourth-order valence-corrected chi connectivity index (χ4v) is 2.86. The van der Waals surface area contributed by atoms with Gasteiger partial charge in [-0.25, -0.2) is 5.43 Å². The predicted molar refractivity (Wildman–Crippen MR) is 132 cm³/mol. The van der Waals surface area contributed by atoms with Crippen molar-refractivity contribution in [3.8, 4) is 0 Å². The lowest BCUT2D eigenvalue weighted by Gasteiger charge is -2.12. The maximum Gasteiger partial charge on any atom is 0.287 e. The van der Waals surface area contributed by atoms with Crippen LogP contribution in [0.2, 0.25) is 0 Å². The molecule has 0 bridgehead atoms. The van der Waals surface area contributed by atoms with Crippen molar-refractivity contribution in [1.29, 1.82) is 0 Å². The molecule has 7 heteroatoms. The summed E-state index contributed by atoms with van der Waals surface area (Å²) in [6.07, 6.45) is 6.40. The van der Waals surface area contributed by atoms with Gasteiger partial charge in [0.05, 0.1) is 0 Å². The van der Waals surface area contributed by atoms with Crippen molar-refractivity contribution in [3.63, 3.8) is 0 Å². The minimum Gasteiger partial charge on any atom is -0.462 e. The summed E-state index contributed by atoms with van der Waals surface area (Å²) in [6.45, 7) is 1.86. The molecule has 0 atom stereocenters. The van der Waals surface area contributed by atoms with Gasteiger partial charge in [-0.15, -0.1) is 0 Å². The Morgan fingerprint density at radius 1 is 0.970 bits per heavy atom. The second-order valence-electron chi connectivity index (χ2n) is 7.39. The Morgan fingerprint density at radius 3 is 2.33 bits per heavy atom. The first kappa shape index (κ1) is 23.3. The minimum absolute atomic E-state index is 0.0734. The minimum atomic E-state index is -0.547. The Balaban J connectivity index is 1.74. The molecule has 2 amide bonds. The van der Waals surface area contributed by atoms with E-state index < -0.39 is 5.91 Å². The second kappa shape index (κ2) is 11.3. The molecule has 3 rings (SSSR count). The first-order valence-electron chi connectivity index (χ1n) is 10.3. The number of carbonyl (C=O) groups is 2. The molecule has 0 unspecified atom stereocenters. The van der Waals surface area contributed by atoms with Crippen molar-refractivity contribution in [2.24, 2.45) is 5.10 Å². The molecule has 33 heavy (non-hydrogen) atoms. The first-order chi connectivity index (χ1) is 15.9. The highest BCUT2D eigenvalue weighted by atomic mass is 16.3. The quantitative estimate of drug-likeness (QED) is 0.310. The Hall–Kier alpha value is -4.39. The summed E-state index contributed by atoms with van der Waals surface area (Å²) in [5, 5.41) is 6.60. The number of amides is 2. The van der Waals surface area contributed by atoms with Gasteiger partial charge in [0.2, 0.25) is 0 Å². The van der Waals surface area contributed by atoms with Crippen LogP contribution in [0.25, 0.3) is 12.2 Å². The van der Waals surface area contributed by atoms with Gasteiger partial charge in [-0.2, -0.15) is 5.10 Å². The molecule has 0 aliphatic rings. The van der Waals surface area contributed by atoms with Gasteiger partial charge in [-0.05, 0) is 67.1 Å². The van der Waals surface area contributed by atoms with Gasteiger partial charge in [0.1, 0.15) is 17.2 Å². The maximum absolute atomic E-state index is 12.8. The number of nitrogens with zero attached hydrogens (tertiary/aromatic N) is 2. The number of hydrazone groups is 1. The van der Waals surface area contributed by atoms with Crippen molar-refractivity contribution < 1.29 is 14.0 Å². The van der Waals surface area contributed by atoms with E-state index in [1.165, 1.54) is 6.21 Å². The van der Waals surface area contributed by atoms with Gasteiger partial charge in [0.15, 0.2) is 0 Å². The lowest BCUT2D eigenvalue weighted by atomic mass is 10.1. The average Bonchev–Trinajstić information content (AvgIpc) is 3.24. The monoisotopic (exact) mass is 442 g/mol. The Labute approximate surface area is 193 Å². The normalized spacial score (nSPS) is 11.7. The molecular weight excluding hydrogens is 416 g/mol. The molecule has 0 spiro atoms. The van der Waals surface area contributed by atoms with Crippen LogP contribution in [0.1, 0.15) is 27.4 Å². The third-order valence-electron chi connectivity index (χ3n) is 4.60. The number of anilines is 1. The molecule has 0 saturated heterocycles. The molecule has 0 radical (unpaired) electrons. The highest BCUT2D eigenvalue weighted by Crippen LogP contribution is 2.14. The van der Waals surface area contributed by atoms with E-state index >= 15 is 0 Å². The Kier molecular flexibility index (Phi) is 7.96. The molecule has 0 aliphatic heterocycles. The van der Waals surface area contributed by atoms with E-state index in [9.17, 15) is 9.59 Å². The molecule has 0 aliphatic carbocycles. The maximum atomic E-state index is 12.8. The fourth-order valence-electron chi connectivity index (χ4n) is 2.86.